The van der Waals surface area contributed by atoms with Crippen molar-refractivity contribution in [3.05, 3.63) is 29.8 Å². The van der Waals surface area contributed by atoms with Crippen molar-refractivity contribution in [3.8, 4) is 0 Å². The summed E-state index contributed by atoms with van der Waals surface area (Å²) in [7, 11) is 1.50. The first kappa shape index (κ1) is 28.9. The highest BCUT2D eigenvalue weighted by atomic mass is 32.2. The molecule has 0 heterocycles. The van der Waals surface area contributed by atoms with Gasteiger partial charge >= 0.3 is 0 Å². The smallest absolute Gasteiger partial charge is 0.138 e. The summed E-state index contributed by atoms with van der Waals surface area (Å²) in [6.07, 6.45) is 4.27. The number of hydrogen-bond donors (Lipinski definition) is 3. The molecule has 1 atom stereocenters. The molecule has 0 bridgehead atoms. The third kappa shape index (κ3) is 16.3. The molecular weight excluding hydrogens is 330 g/mol. The summed E-state index contributed by atoms with van der Waals surface area (Å²) in [5.41, 5.74) is 11.3. The Bertz CT molecular complexity index is 370. The molecule has 1 aromatic carbocycles. The Morgan fingerprint density at radius 3 is 1.96 bits per heavy atom. The zero-order chi connectivity index (χ0) is 20.1. The van der Waals surface area contributed by atoms with Crippen LogP contribution in [0.15, 0.2) is 29.2 Å². The molecule has 0 amide bonds. The van der Waals surface area contributed by atoms with E-state index in [-0.39, 0.29) is 6.04 Å². The number of nitrogens with two attached hydrogens (primary N) is 2. The van der Waals surface area contributed by atoms with E-state index in [0.29, 0.717) is 5.92 Å². The molecule has 0 aliphatic heterocycles. The van der Waals surface area contributed by atoms with Crippen molar-refractivity contribution in [2.24, 2.45) is 17.4 Å². The lowest BCUT2D eigenvalue weighted by molar-refractivity contribution is -0.109. The molecule has 0 aliphatic carbocycles. The maximum Gasteiger partial charge on any atom is 0.138 e. The van der Waals surface area contributed by atoms with Gasteiger partial charge in [-0.05, 0) is 68.4 Å². The fourth-order valence-electron chi connectivity index (χ4n) is 1.65. The Balaban J connectivity index is -0.000000725. The molecule has 5 heteroatoms. The lowest BCUT2D eigenvalue weighted by Crippen LogP contribution is -2.30. The van der Waals surface area contributed by atoms with Crippen LogP contribution in [0, 0.1) is 5.92 Å². The third-order valence-electron chi connectivity index (χ3n) is 3.02. The minimum atomic E-state index is -0.103. The van der Waals surface area contributed by atoms with Gasteiger partial charge in [0, 0.05) is 4.90 Å². The maximum atomic E-state index is 10.9. The first-order valence-electron chi connectivity index (χ1n) is 9.41. The number of aldehydes is 1. The number of hydrogen-bond acceptors (Lipinski definition) is 5. The van der Waals surface area contributed by atoms with Crippen LogP contribution in [0.3, 0.4) is 0 Å². The molecule has 0 aliphatic rings. The van der Waals surface area contributed by atoms with E-state index in [1.54, 1.807) is 0 Å². The highest BCUT2D eigenvalue weighted by molar-refractivity contribution is 7.97. The van der Waals surface area contributed by atoms with Crippen LogP contribution in [-0.2, 0) is 11.2 Å². The van der Waals surface area contributed by atoms with Gasteiger partial charge < -0.3 is 16.3 Å². The Labute approximate surface area is 160 Å². The summed E-state index contributed by atoms with van der Waals surface area (Å²) < 4.78 is 3.19. The summed E-state index contributed by atoms with van der Waals surface area (Å²) >= 11 is 1.52. The van der Waals surface area contributed by atoms with Crippen molar-refractivity contribution in [2.45, 2.75) is 71.7 Å². The fourth-order valence-corrected chi connectivity index (χ4v) is 2.53. The maximum absolute atomic E-state index is 10.9. The van der Waals surface area contributed by atoms with Crippen LogP contribution in [0.5, 0.6) is 0 Å². The van der Waals surface area contributed by atoms with Gasteiger partial charge in [-0.1, -0.05) is 53.7 Å². The lowest BCUT2D eigenvalue weighted by atomic mass is 10.1. The van der Waals surface area contributed by atoms with E-state index in [1.807, 2.05) is 41.5 Å². The zero-order valence-corrected chi connectivity index (χ0v) is 18.2. The van der Waals surface area contributed by atoms with Gasteiger partial charge in [0.25, 0.3) is 0 Å². The average molecular weight is 372 g/mol. The van der Waals surface area contributed by atoms with Crippen LogP contribution in [0.1, 0.15) is 59.9 Å². The Hall–Kier alpha value is -0.880. The van der Waals surface area contributed by atoms with Gasteiger partial charge in [-0.15, -0.1) is 0 Å². The highest BCUT2D eigenvalue weighted by Gasteiger charge is 2.11. The van der Waals surface area contributed by atoms with Gasteiger partial charge in [0.15, 0.2) is 0 Å². The van der Waals surface area contributed by atoms with Gasteiger partial charge in [0.1, 0.15) is 6.29 Å². The molecule has 1 unspecified atom stereocenters. The number of aryl methyl sites for hydroxylation is 1. The van der Waals surface area contributed by atoms with Gasteiger partial charge in [-0.3, -0.25) is 0 Å². The molecule has 0 fully saturated rings. The molecular formula is C20H41N3OS. The van der Waals surface area contributed by atoms with E-state index >= 15 is 0 Å². The monoisotopic (exact) mass is 371 g/mol. The van der Waals surface area contributed by atoms with Crippen molar-refractivity contribution >= 4 is 18.2 Å². The van der Waals surface area contributed by atoms with Gasteiger partial charge in [0.2, 0.25) is 0 Å². The van der Waals surface area contributed by atoms with E-state index in [1.165, 1.54) is 24.6 Å². The second kappa shape index (κ2) is 23.1. The predicted molar refractivity (Wildman–Crippen MR) is 115 cm³/mol. The van der Waals surface area contributed by atoms with Gasteiger partial charge in [-0.2, -0.15) is 0 Å². The number of unbranched alkanes of at least 4 members (excludes halogenated alkanes) is 1. The van der Waals surface area contributed by atoms with Crippen molar-refractivity contribution < 1.29 is 4.79 Å². The predicted octanol–water partition coefficient (Wildman–Crippen LogP) is 4.42. The summed E-state index contributed by atoms with van der Waals surface area (Å²) in [4.78, 5) is 12.0. The average Bonchev–Trinajstić information content (AvgIpc) is 2.68. The van der Waals surface area contributed by atoms with Crippen LogP contribution in [0.2, 0.25) is 0 Å². The minimum Gasteiger partial charge on any atom is -0.333 e. The normalized spacial score (nSPS) is 10.3. The standard InChI is InChI=1S/C15H24N2OS.2C2H6.CH5N/c1-12(2)15(11-18)17-19-14-8-6-13(7-9-14)5-3-4-10-16;3*1-2/h6-9,11-12,15,17H,3-5,10,16H2,1-2H3;2*1-2H3;2H2,1H3. The van der Waals surface area contributed by atoms with Crippen molar-refractivity contribution in [2.75, 3.05) is 13.6 Å². The SMILES string of the molecule is CC.CC.CC(C)C(C=O)NSc1ccc(CCCCN)cc1.CN. The zero-order valence-electron chi connectivity index (χ0n) is 17.3. The fraction of sp³-hybridized carbons (Fsp3) is 0.650. The summed E-state index contributed by atoms with van der Waals surface area (Å²) in [5, 5.41) is 0. The van der Waals surface area contributed by atoms with Crippen molar-refractivity contribution in [3.63, 3.8) is 0 Å². The van der Waals surface area contributed by atoms with Crippen LogP contribution >= 0.6 is 11.9 Å². The van der Waals surface area contributed by atoms with Crippen LogP contribution in [-0.4, -0.2) is 25.9 Å². The molecule has 1 rings (SSSR count). The quantitative estimate of drug-likeness (QED) is 0.340. The largest absolute Gasteiger partial charge is 0.333 e. The molecule has 0 aromatic heterocycles. The van der Waals surface area contributed by atoms with Crippen molar-refractivity contribution in [1.82, 2.24) is 4.72 Å². The Kier molecular flexibility index (Phi) is 26.7. The molecule has 25 heavy (non-hydrogen) atoms. The van der Waals surface area contributed by atoms with Crippen LogP contribution in [0.4, 0.5) is 0 Å². The number of nitrogens with one attached hydrogen (secondary N) is 1. The molecule has 1 aromatic rings. The number of rotatable bonds is 9. The third-order valence-corrected chi connectivity index (χ3v) is 3.92. The molecule has 0 saturated heterocycles. The number of carbonyl (C=O) groups excluding carboxylic acids is 1. The Morgan fingerprint density at radius 1 is 1.04 bits per heavy atom. The number of carbonyl (C=O) groups is 1. The van der Waals surface area contributed by atoms with Crippen molar-refractivity contribution in [1.29, 1.82) is 0 Å². The van der Waals surface area contributed by atoms with E-state index in [9.17, 15) is 4.79 Å². The van der Waals surface area contributed by atoms with E-state index in [0.717, 1.165) is 37.0 Å². The highest BCUT2D eigenvalue weighted by Crippen LogP contribution is 2.18. The molecule has 0 spiro atoms. The first-order valence-corrected chi connectivity index (χ1v) is 10.2. The lowest BCUT2D eigenvalue weighted by Gasteiger charge is -2.15. The van der Waals surface area contributed by atoms with E-state index in [4.69, 9.17) is 5.73 Å². The molecule has 4 nitrogen and oxygen atoms in total. The summed E-state index contributed by atoms with van der Waals surface area (Å²) in [6, 6.07) is 8.38. The topological polar surface area (TPSA) is 81.1 Å². The van der Waals surface area contributed by atoms with Crippen LogP contribution in [0.25, 0.3) is 0 Å². The van der Waals surface area contributed by atoms with Gasteiger partial charge in [-0.25, -0.2) is 4.72 Å². The van der Waals surface area contributed by atoms with E-state index < -0.39 is 0 Å². The molecule has 148 valence electrons. The van der Waals surface area contributed by atoms with Gasteiger partial charge in [0.05, 0.1) is 6.04 Å². The molecule has 0 radical (unpaired) electrons. The van der Waals surface area contributed by atoms with E-state index in [2.05, 4.69) is 34.7 Å². The first-order chi connectivity index (χ1) is 12.2. The summed E-state index contributed by atoms with van der Waals surface area (Å²) in [5.74, 6) is 0.306. The van der Waals surface area contributed by atoms with Crippen LogP contribution < -0.4 is 16.2 Å². The minimum absolute atomic E-state index is 0.103. The molecule has 0 saturated carbocycles. The molecule has 5 N–H and O–H groups in total. The second-order valence-corrected chi connectivity index (χ2v) is 5.93. The second-order valence-electron chi connectivity index (χ2n) is 5.02. The number of benzene rings is 1. The summed E-state index contributed by atoms with van der Waals surface area (Å²) in [6.45, 7) is 12.8. The Morgan fingerprint density at radius 2 is 1.56 bits per heavy atom.